The number of benzene rings is 2. The average Bonchev–Trinajstić information content (AvgIpc) is 2.82. The van der Waals surface area contributed by atoms with Gasteiger partial charge in [0, 0.05) is 18.9 Å². The molecule has 0 aromatic heterocycles. The molecule has 12 heteroatoms. The fourth-order valence-corrected chi connectivity index (χ4v) is 3.96. The van der Waals surface area contributed by atoms with Crippen LogP contribution in [0.15, 0.2) is 42.0 Å². The Morgan fingerprint density at radius 3 is 2.14 bits per heavy atom. The van der Waals surface area contributed by atoms with Crippen molar-refractivity contribution in [1.29, 1.82) is 0 Å². The molecule has 0 atom stereocenters. The Bertz CT molecular complexity index is 1220. The molecule has 2 aliphatic rings. The molecule has 4 rings (SSSR count). The van der Waals surface area contributed by atoms with E-state index in [9.17, 15) is 29.8 Å². The lowest BCUT2D eigenvalue weighted by Crippen LogP contribution is -2.47. The molecule has 1 aliphatic carbocycles. The predicted octanol–water partition coefficient (Wildman–Crippen LogP) is 4.45. The summed E-state index contributed by atoms with van der Waals surface area (Å²) in [6.45, 7) is 0. The van der Waals surface area contributed by atoms with Crippen LogP contribution < -0.4 is 9.47 Å². The zero-order valence-electron chi connectivity index (χ0n) is 18.6. The van der Waals surface area contributed by atoms with Crippen molar-refractivity contribution in [3.63, 3.8) is 0 Å². The van der Waals surface area contributed by atoms with Gasteiger partial charge in [0.25, 0.3) is 11.5 Å². The topological polar surface area (TPSA) is 157 Å². The molecule has 1 saturated carbocycles. The number of non-ortho nitro benzene ring substituents is 1. The Morgan fingerprint density at radius 1 is 0.886 bits per heavy atom. The molecule has 2 aromatic rings. The molecule has 0 N–H and O–H groups in total. The molecule has 1 heterocycles. The monoisotopic (exact) mass is 484 g/mol. The molecular weight excluding hydrogens is 464 g/mol. The predicted molar refractivity (Wildman–Crippen MR) is 119 cm³/mol. The SMILES string of the molecule is COc1cc(C=C2C(=O)OC3(CCCCC3)OC2=O)ccc1Oc1ccc([N+](=O)[O-])cc1[N+](=O)[O-]. The zero-order chi connectivity index (χ0) is 25.2. The van der Waals surface area contributed by atoms with E-state index in [0.29, 0.717) is 18.4 Å². The summed E-state index contributed by atoms with van der Waals surface area (Å²) in [6.07, 6.45) is 4.80. The van der Waals surface area contributed by atoms with Crippen molar-refractivity contribution in [2.75, 3.05) is 7.11 Å². The standard InChI is InChI=1S/C23H20N2O10/c1-32-20-12-14(11-16-21(26)34-23(35-22(16)27)9-3-2-4-10-23)5-7-19(20)33-18-8-6-15(24(28)29)13-17(18)25(30)31/h5-8,11-13H,2-4,9-10H2,1H3. The van der Waals surface area contributed by atoms with Crippen LogP contribution in [0.3, 0.4) is 0 Å². The fraction of sp³-hybridized carbons (Fsp3) is 0.304. The minimum Gasteiger partial charge on any atom is -0.493 e. The zero-order valence-corrected chi connectivity index (χ0v) is 18.6. The average molecular weight is 484 g/mol. The van der Waals surface area contributed by atoms with Crippen LogP contribution in [0, 0.1) is 20.2 Å². The van der Waals surface area contributed by atoms with Crippen LogP contribution in [-0.2, 0) is 19.1 Å². The van der Waals surface area contributed by atoms with Gasteiger partial charge in [-0.2, -0.15) is 0 Å². The highest BCUT2D eigenvalue weighted by Gasteiger charge is 2.46. The van der Waals surface area contributed by atoms with Gasteiger partial charge < -0.3 is 18.9 Å². The lowest BCUT2D eigenvalue weighted by atomic mass is 9.93. The summed E-state index contributed by atoms with van der Waals surface area (Å²) in [5, 5.41) is 22.3. The first-order chi connectivity index (χ1) is 16.7. The first-order valence-corrected chi connectivity index (χ1v) is 10.7. The summed E-state index contributed by atoms with van der Waals surface area (Å²) < 4.78 is 21.8. The summed E-state index contributed by atoms with van der Waals surface area (Å²) in [4.78, 5) is 45.9. The summed E-state index contributed by atoms with van der Waals surface area (Å²) >= 11 is 0. The minimum absolute atomic E-state index is 0.0709. The Morgan fingerprint density at radius 2 is 1.54 bits per heavy atom. The molecule has 1 saturated heterocycles. The normalized spacial score (nSPS) is 16.8. The number of hydrogen-bond acceptors (Lipinski definition) is 10. The van der Waals surface area contributed by atoms with Gasteiger partial charge in [-0.05, 0) is 42.7 Å². The molecule has 1 spiro atoms. The highest BCUT2D eigenvalue weighted by Crippen LogP contribution is 2.40. The van der Waals surface area contributed by atoms with Crippen LogP contribution in [0.25, 0.3) is 6.08 Å². The van der Waals surface area contributed by atoms with Gasteiger partial charge in [-0.3, -0.25) is 20.2 Å². The summed E-state index contributed by atoms with van der Waals surface area (Å²) in [5.74, 6) is -2.77. The number of nitro benzene ring substituents is 2. The number of methoxy groups -OCH3 is 1. The number of carbonyl (C=O) groups excluding carboxylic acids is 2. The van der Waals surface area contributed by atoms with Crippen LogP contribution >= 0.6 is 0 Å². The molecule has 1 aliphatic heterocycles. The van der Waals surface area contributed by atoms with Crippen LogP contribution in [0.2, 0.25) is 0 Å². The van der Waals surface area contributed by atoms with Crippen LogP contribution in [0.4, 0.5) is 11.4 Å². The van der Waals surface area contributed by atoms with Crippen molar-refractivity contribution in [2.24, 2.45) is 0 Å². The Hall–Kier alpha value is -4.48. The lowest BCUT2D eigenvalue weighted by molar-refractivity contribution is -0.394. The third kappa shape index (κ3) is 4.90. The number of esters is 2. The molecular formula is C23H20N2O10. The highest BCUT2D eigenvalue weighted by molar-refractivity contribution is 6.18. The van der Waals surface area contributed by atoms with E-state index in [4.69, 9.17) is 18.9 Å². The van der Waals surface area contributed by atoms with E-state index in [1.54, 1.807) is 0 Å². The van der Waals surface area contributed by atoms with Crippen molar-refractivity contribution in [2.45, 2.75) is 37.9 Å². The highest BCUT2D eigenvalue weighted by atomic mass is 16.7. The van der Waals surface area contributed by atoms with Gasteiger partial charge in [0.2, 0.25) is 5.75 Å². The van der Waals surface area contributed by atoms with Crippen molar-refractivity contribution < 1.29 is 38.4 Å². The van der Waals surface area contributed by atoms with E-state index >= 15 is 0 Å². The van der Waals surface area contributed by atoms with Gasteiger partial charge in [-0.1, -0.05) is 12.5 Å². The van der Waals surface area contributed by atoms with E-state index in [1.165, 1.54) is 31.4 Å². The van der Waals surface area contributed by atoms with Crippen molar-refractivity contribution >= 4 is 29.4 Å². The van der Waals surface area contributed by atoms with Crippen molar-refractivity contribution in [1.82, 2.24) is 0 Å². The van der Waals surface area contributed by atoms with E-state index in [0.717, 1.165) is 37.5 Å². The third-order valence-electron chi connectivity index (χ3n) is 5.68. The van der Waals surface area contributed by atoms with E-state index < -0.39 is 38.9 Å². The van der Waals surface area contributed by atoms with Gasteiger partial charge in [0.1, 0.15) is 5.57 Å². The van der Waals surface area contributed by atoms with Crippen LogP contribution in [-0.4, -0.2) is 34.7 Å². The largest absolute Gasteiger partial charge is 0.493 e. The first kappa shape index (κ1) is 23.7. The van der Waals surface area contributed by atoms with Gasteiger partial charge in [0.15, 0.2) is 11.5 Å². The summed E-state index contributed by atoms with van der Waals surface area (Å²) in [7, 11) is 1.33. The number of carbonyl (C=O) groups is 2. The lowest BCUT2D eigenvalue weighted by Gasteiger charge is -2.38. The molecule has 0 amide bonds. The second kappa shape index (κ2) is 9.41. The molecule has 0 unspecified atom stereocenters. The Labute approximate surface area is 198 Å². The Kier molecular flexibility index (Phi) is 6.36. The second-order valence-electron chi connectivity index (χ2n) is 7.99. The van der Waals surface area contributed by atoms with Crippen molar-refractivity contribution in [3.05, 3.63) is 67.8 Å². The van der Waals surface area contributed by atoms with Crippen molar-refractivity contribution in [3.8, 4) is 17.2 Å². The number of hydrogen-bond donors (Lipinski definition) is 0. The van der Waals surface area contributed by atoms with E-state index in [2.05, 4.69) is 0 Å². The molecule has 182 valence electrons. The van der Waals surface area contributed by atoms with E-state index in [1.807, 2.05) is 0 Å². The smallest absolute Gasteiger partial charge is 0.348 e. The molecule has 12 nitrogen and oxygen atoms in total. The first-order valence-electron chi connectivity index (χ1n) is 10.7. The number of rotatable bonds is 6. The molecule has 35 heavy (non-hydrogen) atoms. The number of nitro groups is 2. The maximum Gasteiger partial charge on any atom is 0.348 e. The molecule has 0 bridgehead atoms. The molecule has 2 aromatic carbocycles. The summed E-state index contributed by atoms with van der Waals surface area (Å²) in [5.41, 5.74) is -0.949. The molecule has 0 radical (unpaired) electrons. The quantitative estimate of drug-likeness (QED) is 0.189. The number of nitrogens with zero attached hydrogens (tertiary/aromatic N) is 2. The Balaban J connectivity index is 1.59. The van der Waals surface area contributed by atoms with E-state index in [-0.39, 0.29) is 22.8 Å². The number of ether oxygens (including phenoxy) is 4. The van der Waals surface area contributed by atoms with Crippen LogP contribution in [0.1, 0.15) is 37.7 Å². The maximum atomic E-state index is 12.6. The molecule has 2 fully saturated rings. The third-order valence-corrected chi connectivity index (χ3v) is 5.68. The second-order valence-corrected chi connectivity index (χ2v) is 7.99. The van der Waals surface area contributed by atoms with Gasteiger partial charge in [-0.25, -0.2) is 9.59 Å². The minimum atomic E-state index is -1.20. The van der Waals surface area contributed by atoms with Gasteiger partial charge in [0.05, 0.1) is 23.0 Å². The van der Waals surface area contributed by atoms with Crippen LogP contribution in [0.5, 0.6) is 17.2 Å². The van der Waals surface area contributed by atoms with Gasteiger partial charge >= 0.3 is 17.6 Å². The summed E-state index contributed by atoms with van der Waals surface area (Å²) in [6, 6.07) is 7.34. The maximum absolute atomic E-state index is 12.6. The fourth-order valence-electron chi connectivity index (χ4n) is 3.96. The van der Waals surface area contributed by atoms with Gasteiger partial charge in [-0.15, -0.1) is 0 Å².